The summed E-state index contributed by atoms with van der Waals surface area (Å²) in [5.74, 6) is -0.354. The molecule has 1 amide bonds. The Labute approximate surface area is 158 Å². The highest BCUT2D eigenvalue weighted by Crippen LogP contribution is 2.19. The molecule has 4 rings (SSSR count). The molecule has 0 bridgehead atoms. The first-order valence-corrected chi connectivity index (χ1v) is 8.49. The Kier molecular flexibility index (Phi) is 4.63. The second kappa shape index (κ2) is 7.39. The summed E-state index contributed by atoms with van der Waals surface area (Å²) in [4.78, 5) is 28.4. The van der Waals surface area contributed by atoms with Crippen LogP contribution in [0.3, 0.4) is 0 Å². The van der Waals surface area contributed by atoms with Gasteiger partial charge in [-0.15, -0.1) is 0 Å². The topological polar surface area (TPSA) is 105 Å². The zero-order valence-electron chi connectivity index (χ0n) is 14.6. The molecule has 9 heteroatoms. The highest BCUT2D eigenvalue weighted by molar-refractivity contribution is 5.78. The zero-order valence-corrected chi connectivity index (χ0v) is 14.6. The molecule has 0 aliphatic rings. The maximum absolute atomic E-state index is 13.1. The Balaban J connectivity index is 1.58. The van der Waals surface area contributed by atoms with Crippen molar-refractivity contribution in [1.29, 1.82) is 0 Å². The van der Waals surface area contributed by atoms with Gasteiger partial charge in [0.05, 0.1) is 12.1 Å². The van der Waals surface area contributed by atoms with Gasteiger partial charge in [-0.25, -0.2) is 14.0 Å². The SMILES string of the molecule is O=C(Cc1n[nH]c(=O)c2cc(-c3ccc(F)cc3)nn12)NCc1cccnc1. The number of pyridine rings is 1. The summed E-state index contributed by atoms with van der Waals surface area (Å²) in [6.45, 7) is 0.332. The maximum Gasteiger partial charge on any atom is 0.290 e. The molecular weight excluding hydrogens is 363 g/mol. The second-order valence-electron chi connectivity index (χ2n) is 6.12. The third kappa shape index (κ3) is 3.63. The van der Waals surface area contributed by atoms with Crippen LogP contribution in [0.5, 0.6) is 0 Å². The molecule has 0 aliphatic carbocycles. The number of benzene rings is 1. The van der Waals surface area contributed by atoms with Crippen LogP contribution >= 0.6 is 0 Å². The Morgan fingerprint density at radius 3 is 2.79 bits per heavy atom. The average molecular weight is 378 g/mol. The molecule has 0 radical (unpaired) electrons. The Hall–Kier alpha value is -3.88. The lowest BCUT2D eigenvalue weighted by molar-refractivity contribution is -0.120. The summed E-state index contributed by atoms with van der Waals surface area (Å²) in [5, 5.41) is 13.5. The van der Waals surface area contributed by atoms with Gasteiger partial charge in [-0.05, 0) is 42.0 Å². The number of aromatic nitrogens is 5. The van der Waals surface area contributed by atoms with Crippen molar-refractivity contribution >= 4 is 11.4 Å². The maximum atomic E-state index is 13.1. The summed E-state index contributed by atoms with van der Waals surface area (Å²) in [7, 11) is 0. The van der Waals surface area contributed by atoms with Crippen molar-refractivity contribution in [3.63, 3.8) is 0 Å². The number of H-pyrrole nitrogens is 1. The van der Waals surface area contributed by atoms with Crippen molar-refractivity contribution in [2.75, 3.05) is 0 Å². The first-order chi connectivity index (χ1) is 13.6. The number of hydrogen-bond donors (Lipinski definition) is 2. The molecule has 140 valence electrons. The normalized spacial score (nSPS) is 10.9. The number of fused-ring (bicyclic) bond motifs is 1. The standard InChI is InChI=1S/C19H15FN6O2/c20-14-5-3-13(4-6-14)15-8-16-19(28)24-23-17(26(16)25-15)9-18(27)22-11-12-2-1-7-21-10-12/h1-8,10H,9,11H2,(H,22,27)(H,24,28). The van der Waals surface area contributed by atoms with E-state index in [1.165, 1.54) is 16.6 Å². The van der Waals surface area contributed by atoms with Crippen molar-refractivity contribution in [3.8, 4) is 11.3 Å². The van der Waals surface area contributed by atoms with E-state index in [0.29, 0.717) is 17.8 Å². The predicted octanol–water partition coefficient (Wildman–Crippen LogP) is 1.48. The van der Waals surface area contributed by atoms with Crippen molar-refractivity contribution in [1.82, 2.24) is 30.1 Å². The van der Waals surface area contributed by atoms with E-state index >= 15 is 0 Å². The van der Waals surface area contributed by atoms with Gasteiger partial charge in [0.15, 0.2) is 5.82 Å². The number of amides is 1. The number of carbonyl (C=O) groups excluding carboxylic acids is 1. The van der Waals surface area contributed by atoms with Gasteiger partial charge in [0.25, 0.3) is 5.56 Å². The summed E-state index contributed by atoms with van der Waals surface area (Å²) >= 11 is 0. The lowest BCUT2D eigenvalue weighted by atomic mass is 10.1. The van der Waals surface area contributed by atoms with Crippen LogP contribution in [-0.4, -0.2) is 30.7 Å². The Bertz CT molecular complexity index is 1180. The molecule has 3 aromatic heterocycles. The van der Waals surface area contributed by atoms with Crippen LogP contribution in [0.1, 0.15) is 11.4 Å². The van der Waals surface area contributed by atoms with E-state index in [1.54, 1.807) is 36.7 Å². The van der Waals surface area contributed by atoms with Crippen LogP contribution in [0.15, 0.2) is 59.7 Å². The van der Waals surface area contributed by atoms with Crippen molar-refractivity contribution in [3.05, 3.63) is 82.4 Å². The highest BCUT2D eigenvalue weighted by Gasteiger charge is 2.14. The number of halogens is 1. The van der Waals surface area contributed by atoms with Gasteiger partial charge in [0, 0.05) is 24.5 Å². The number of nitrogens with zero attached hydrogens (tertiary/aromatic N) is 4. The van der Waals surface area contributed by atoms with Crippen molar-refractivity contribution in [2.24, 2.45) is 0 Å². The largest absolute Gasteiger partial charge is 0.352 e. The number of rotatable bonds is 5. The number of carbonyl (C=O) groups is 1. The fourth-order valence-corrected chi connectivity index (χ4v) is 2.75. The third-order valence-corrected chi connectivity index (χ3v) is 4.14. The van der Waals surface area contributed by atoms with Crippen LogP contribution < -0.4 is 10.9 Å². The molecule has 3 heterocycles. The van der Waals surface area contributed by atoms with Crippen LogP contribution in [0.25, 0.3) is 16.8 Å². The molecule has 8 nitrogen and oxygen atoms in total. The molecule has 0 atom stereocenters. The van der Waals surface area contributed by atoms with Gasteiger partial charge in [-0.3, -0.25) is 14.6 Å². The molecule has 1 aromatic carbocycles. The van der Waals surface area contributed by atoms with E-state index in [0.717, 1.165) is 5.56 Å². The van der Waals surface area contributed by atoms with Gasteiger partial charge >= 0.3 is 0 Å². The quantitative estimate of drug-likeness (QED) is 0.547. The van der Waals surface area contributed by atoms with Crippen molar-refractivity contribution in [2.45, 2.75) is 13.0 Å². The molecule has 0 saturated heterocycles. The van der Waals surface area contributed by atoms with Gasteiger partial charge in [0.1, 0.15) is 11.3 Å². The van der Waals surface area contributed by atoms with Crippen LogP contribution in [0, 0.1) is 5.82 Å². The van der Waals surface area contributed by atoms with Crippen LogP contribution in [-0.2, 0) is 17.8 Å². The molecule has 0 fully saturated rings. The molecule has 0 unspecified atom stereocenters. The van der Waals surface area contributed by atoms with Crippen LogP contribution in [0.4, 0.5) is 4.39 Å². The minimum absolute atomic E-state index is 0.0713. The summed E-state index contributed by atoms with van der Waals surface area (Å²) in [6, 6.07) is 11.0. The fraction of sp³-hybridized carbons (Fsp3) is 0.105. The third-order valence-electron chi connectivity index (χ3n) is 4.14. The number of nitrogens with one attached hydrogen (secondary N) is 2. The number of aromatic amines is 1. The molecule has 0 spiro atoms. The average Bonchev–Trinajstić information content (AvgIpc) is 3.16. The molecule has 2 N–H and O–H groups in total. The smallest absolute Gasteiger partial charge is 0.290 e. The predicted molar refractivity (Wildman–Crippen MR) is 98.8 cm³/mol. The van der Waals surface area contributed by atoms with E-state index < -0.39 is 5.56 Å². The number of hydrogen-bond acceptors (Lipinski definition) is 5. The molecule has 0 aliphatic heterocycles. The molecule has 0 saturated carbocycles. The lowest BCUT2D eigenvalue weighted by Gasteiger charge is -2.05. The fourth-order valence-electron chi connectivity index (χ4n) is 2.75. The van der Waals surface area contributed by atoms with Crippen LogP contribution in [0.2, 0.25) is 0 Å². The Morgan fingerprint density at radius 2 is 2.04 bits per heavy atom. The van der Waals surface area contributed by atoms with E-state index in [4.69, 9.17) is 0 Å². The minimum atomic E-state index is -0.430. The summed E-state index contributed by atoms with van der Waals surface area (Å²) in [6.07, 6.45) is 3.25. The van der Waals surface area contributed by atoms with Gasteiger partial charge in [-0.2, -0.15) is 10.2 Å². The molecular formula is C19H15FN6O2. The summed E-state index contributed by atoms with van der Waals surface area (Å²) < 4.78 is 14.5. The minimum Gasteiger partial charge on any atom is -0.352 e. The van der Waals surface area contributed by atoms with E-state index in [2.05, 4.69) is 25.6 Å². The van der Waals surface area contributed by atoms with Gasteiger partial charge < -0.3 is 5.32 Å². The van der Waals surface area contributed by atoms with Gasteiger partial charge in [-0.1, -0.05) is 6.07 Å². The van der Waals surface area contributed by atoms with E-state index in [-0.39, 0.29) is 29.5 Å². The Morgan fingerprint density at radius 1 is 1.21 bits per heavy atom. The van der Waals surface area contributed by atoms with Gasteiger partial charge in [0.2, 0.25) is 5.91 Å². The molecule has 4 aromatic rings. The lowest BCUT2D eigenvalue weighted by Crippen LogP contribution is -2.27. The van der Waals surface area contributed by atoms with E-state index in [1.807, 2.05) is 6.07 Å². The van der Waals surface area contributed by atoms with E-state index in [9.17, 15) is 14.0 Å². The monoisotopic (exact) mass is 378 g/mol. The first kappa shape index (κ1) is 17.5. The zero-order chi connectivity index (χ0) is 19.5. The first-order valence-electron chi connectivity index (χ1n) is 8.49. The van der Waals surface area contributed by atoms with Crippen molar-refractivity contribution < 1.29 is 9.18 Å². The molecule has 28 heavy (non-hydrogen) atoms. The highest BCUT2D eigenvalue weighted by atomic mass is 19.1. The summed E-state index contributed by atoms with van der Waals surface area (Å²) in [5.41, 5.74) is 1.82. The second-order valence-corrected chi connectivity index (χ2v) is 6.12.